The first-order chi connectivity index (χ1) is 9.84. The summed E-state index contributed by atoms with van der Waals surface area (Å²) in [4.78, 5) is 8.53. The average molecular weight is 271 g/mol. The normalized spacial score (nSPS) is 17.5. The molecule has 102 valence electrons. The summed E-state index contributed by atoms with van der Waals surface area (Å²) < 4.78 is 10.3. The van der Waals surface area contributed by atoms with E-state index in [9.17, 15) is 5.11 Å². The van der Waals surface area contributed by atoms with Crippen molar-refractivity contribution in [2.24, 2.45) is 0 Å². The molecule has 0 amide bonds. The molecule has 1 aliphatic heterocycles. The number of ether oxygens (including phenoxy) is 2. The van der Waals surface area contributed by atoms with Crippen molar-refractivity contribution in [3.8, 4) is 17.0 Å². The molecule has 1 aromatic carbocycles. The summed E-state index contributed by atoms with van der Waals surface area (Å²) in [5.74, 6) is 0.685. The fraction of sp³-hybridized carbons (Fsp3) is 0.143. The van der Waals surface area contributed by atoms with Crippen molar-refractivity contribution in [1.29, 1.82) is 0 Å². The molecular weight excluding hydrogens is 258 g/mol. The van der Waals surface area contributed by atoms with Crippen LogP contribution in [0.2, 0.25) is 0 Å². The molecule has 0 bridgehead atoms. The van der Waals surface area contributed by atoms with Gasteiger partial charge in [-0.15, -0.1) is 0 Å². The van der Waals surface area contributed by atoms with E-state index in [1.54, 1.807) is 42.9 Å². The van der Waals surface area contributed by atoms with E-state index in [1.807, 2.05) is 6.07 Å². The van der Waals surface area contributed by atoms with Crippen molar-refractivity contribution >= 4 is 5.82 Å². The largest absolute Gasteiger partial charge is 0.507 e. The van der Waals surface area contributed by atoms with Gasteiger partial charge in [0.1, 0.15) is 11.4 Å². The van der Waals surface area contributed by atoms with Crippen molar-refractivity contribution in [3.63, 3.8) is 0 Å². The molecule has 6 heteroatoms. The number of aromatic hydroxyl groups is 1. The highest BCUT2D eigenvalue weighted by Gasteiger charge is 2.15. The molecule has 0 spiro atoms. The second-order valence-electron chi connectivity index (χ2n) is 4.12. The Balaban J connectivity index is 1.94. The lowest BCUT2D eigenvalue weighted by atomic mass is 10.1. The van der Waals surface area contributed by atoms with E-state index in [4.69, 9.17) is 9.47 Å². The first kappa shape index (κ1) is 12.4. The maximum atomic E-state index is 9.93. The second kappa shape index (κ2) is 5.58. The predicted octanol–water partition coefficient (Wildman–Crippen LogP) is 2.11. The summed E-state index contributed by atoms with van der Waals surface area (Å²) >= 11 is 0. The van der Waals surface area contributed by atoms with E-state index in [0.29, 0.717) is 17.1 Å². The van der Waals surface area contributed by atoms with Crippen LogP contribution in [0.25, 0.3) is 11.3 Å². The number of anilines is 1. The number of nitrogens with zero attached hydrogens (tertiary/aromatic N) is 2. The first-order valence-electron chi connectivity index (χ1n) is 6.10. The summed E-state index contributed by atoms with van der Waals surface area (Å²) in [5.41, 5.74) is 1.17. The zero-order valence-electron chi connectivity index (χ0n) is 10.6. The third-order valence-corrected chi connectivity index (χ3v) is 2.80. The van der Waals surface area contributed by atoms with E-state index in [1.165, 1.54) is 0 Å². The van der Waals surface area contributed by atoms with Crippen LogP contribution in [0.5, 0.6) is 5.75 Å². The summed E-state index contributed by atoms with van der Waals surface area (Å²) in [6, 6.07) is 6.98. The van der Waals surface area contributed by atoms with Crippen molar-refractivity contribution in [2.75, 3.05) is 12.1 Å². The summed E-state index contributed by atoms with van der Waals surface area (Å²) in [6.45, 7) is 0.181. The van der Waals surface area contributed by atoms with Crippen LogP contribution >= 0.6 is 0 Å². The van der Waals surface area contributed by atoms with Crippen LogP contribution in [0.3, 0.4) is 0 Å². The van der Waals surface area contributed by atoms with Gasteiger partial charge >= 0.3 is 0 Å². The standard InChI is InChI=1S/C14H13N3O3/c18-11-4-2-1-3-10(11)13-14(16-7-6-15-13)17-12-5-8-19-9-20-12/h1-8,12,18H,9H2,(H,16,17). The van der Waals surface area contributed by atoms with Crippen molar-refractivity contribution < 1.29 is 14.6 Å². The molecule has 1 aliphatic rings. The van der Waals surface area contributed by atoms with Gasteiger partial charge in [0.05, 0.1) is 6.26 Å². The maximum Gasteiger partial charge on any atom is 0.190 e. The lowest BCUT2D eigenvalue weighted by Gasteiger charge is -2.20. The molecule has 3 rings (SSSR count). The number of phenolic OH excluding ortho intramolecular Hbond substituents is 1. The average Bonchev–Trinajstić information content (AvgIpc) is 2.50. The van der Waals surface area contributed by atoms with Crippen LogP contribution in [0, 0.1) is 0 Å². The number of rotatable bonds is 3. The number of benzene rings is 1. The summed E-state index contributed by atoms with van der Waals surface area (Å²) in [6.07, 6.45) is 6.11. The molecule has 0 radical (unpaired) electrons. The van der Waals surface area contributed by atoms with E-state index in [-0.39, 0.29) is 18.8 Å². The Kier molecular flexibility index (Phi) is 3.47. The van der Waals surface area contributed by atoms with Gasteiger partial charge in [-0.2, -0.15) is 0 Å². The number of phenols is 1. The zero-order valence-corrected chi connectivity index (χ0v) is 10.6. The lowest BCUT2D eigenvalue weighted by Crippen LogP contribution is -2.25. The Labute approximate surface area is 115 Å². The van der Waals surface area contributed by atoms with E-state index in [2.05, 4.69) is 15.3 Å². The Morgan fingerprint density at radius 3 is 2.85 bits per heavy atom. The summed E-state index contributed by atoms with van der Waals surface area (Å²) in [7, 11) is 0. The van der Waals surface area contributed by atoms with Gasteiger partial charge in [-0.3, -0.25) is 4.98 Å². The molecule has 1 aromatic heterocycles. The number of hydrogen-bond donors (Lipinski definition) is 2. The molecule has 1 atom stereocenters. The monoisotopic (exact) mass is 271 g/mol. The van der Waals surface area contributed by atoms with Crippen molar-refractivity contribution in [1.82, 2.24) is 9.97 Å². The van der Waals surface area contributed by atoms with Gasteiger partial charge in [-0.1, -0.05) is 12.1 Å². The maximum absolute atomic E-state index is 9.93. The van der Waals surface area contributed by atoms with Crippen LogP contribution in [0.4, 0.5) is 5.82 Å². The Morgan fingerprint density at radius 2 is 2.05 bits per heavy atom. The number of aromatic nitrogens is 2. The molecule has 6 nitrogen and oxygen atoms in total. The first-order valence-corrected chi connectivity index (χ1v) is 6.10. The molecule has 2 heterocycles. The van der Waals surface area contributed by atoms with E-state index < -0.39 is 0 Å². The fourth-order valence-corrected chi connectivity index (χ4v) is 1.87. The molecule has 2 N–H and O–H groups in total. The quantitative estimate of drug-likeness (QED) is 0.890. The van der Waals surface area contributed by atoms with Gasteiger partial charge < -0.3 is 19.9 Å². The SMILES string of the molecule is Oc1ccccc1-c1nccnc1NC1C=COCO1. The van der Waals surface area contributed by atoms with E-state index in [0.717, 1.165) is 0 Å². The molecular formula is C14H13N3O3. The van der Waals surface area contributed by atoms with Gasteiger partial charge in [-0.05, 0) is 18.2 Å². The minimum absolute atomic E-state index is 0.152. The third-order valence-electron chi connectivity index (χ3n) is 2.80. The Morgan fingerprint density at radius 1 is 1.20 bits per heavy atom. The molecule has 20 heavy (non-hydrogen) atoms. The lowest BCUT2D eigenvalue weighted by molar-refractivity contribution is -0.0474. The molecule has 0 saturated carbocycles. The molecule has 2 aromatic rings. The van der Waals surface area contributed by atoms with Crippen LogP contribution in [-0.4, -0.2) is 28.1 Å². The van der Waals surface area contributed by atoms with Crippen molar-refractivity contribution in [3.05, 3.63) is 49.0 Å². The minimum Gasteiger partial charge on any atom is -0.507 e. The van der Waals surface area contributed by atoms with Gasteiger partial charge in [-0.25, -0.2) is 4.98 Å². The predicted molar refractivity (Wildman–Crippen MR) is 72.7 cm³/mol. The second-order valence-corrected chi connectivity index (χ2v) is 4.12. The van der Waals surface area contributed by atoms with Crippen LogP contribution in [-0.2, 0) is 9.47 Å². The van der Waals surface area contributed by atoms with Crippen LogP contribution in [0.15, 0.2) is 49.0 Å². The third kappa shape index (κ3) is 2.55. The van der Waals surface area contributed by atoms with Crippen LogP contribution < -0.4 is 5.32 Å². The van der Waals surface area contributed by atoms with Gasteiger partial charge in [0.2, 0.25) is 0 Å². The van der Waals surface area contributed by atoms with E-state index >= 15 is 0 Å². The minimum atomic E-state index is -0.343. The van der Waals surface area contributed by atoms with Crippen molar-refractivity contribution in [2.45, 2.75) is 6.23 Å². The fourth-order valence-electron chi connectivity index (χ4n) is 1.87. The zero-order chi connectivity index (χ0) is 13.8. The highest BCUT2D eigenvalue weighted by Crippen LogP contribution is 2.31. The van der Waals surface area contributed by atoms with Gasteiger partial charge in [0.15, 0.2) is 18.8 Å². The van der Waals surface area contributed by atoms with Gasteiger partial charge in [0, 0.05) is 18.0 Å². The molecule has 1 unspecified atom stereocenters. The highest BCUT2D eigenvalue weighted by molar-refractivity contribution is 5.75. The van der Waals surface area contributed by atoms with Crippen LogP contribution in [0.1, 0.15) is 0 Å². The Bertz CT molecular complexity index is 631. The summed E-state index contributed by atoms with van der Waals surface area (Å²) in [5, 5.41) is 13.0. The Hall–Kier alpha value is -2.60. The molecule has 0 saturated heterocycles. The highest BCUT2D eigenvalue weighted by atomic mass is 16.7. The molecule has 0 aliphatic carbocycles. The number of para-hydroxylation sites is 1. The number of hydrogen-bond acceptors (Lipinski definition) is 6. The van der Waals surface area contributed by atoms with Gasteiger partial charge in [0.25, 0.3) is 0 Å². The smallest absolute Gasteiger partial charge is 0.190 e. The molecule has 0 fully saturated rings. The number of nitrogens with one attached hydrogen (secondary N) is 1. The topological polar surface area (TPSA) is 76.5 Å².